The third-order valence-corrected chi connectivity index (χ3v) is 2.50. The van der Waals surface area contributed by atoms with Crippen LogP contribution in [0.1, 0.15) is 24.0 Å². The average molecular weight is 185 g/mol. The predicted octanol–water partition coefficient (Wildman–Crippen LogP) is 2.84. The molecule has 0 saturated carbocycles. The standard InChI is InChI=1S/C13H15N/c14-10-4-8-12-7-3-6-11-5-1-2-9-13(11)12/h1-3,5-6,8-9H,4,7,10,14H2. The molecule has 0 amide bonds. The lowest BCUT2D eigenvalue weighted by Gasteiger charge is -2.13. The van der Waals surface area contributed by atoms with Crippen molar-refractivity contribution in [1.29, 1.82) is 0 Å². The third kappa shape index (κ3) is 1.78. The second-order valence-electron chi connectivity index (χ2n) is 3.50. The molecule has 1 heteroatoms. The summed E-state index contributed by atoms with van der Waals surface area (Å²) >= 11 is 0. The first-order valence-corrected chi connectivity index (χ1v) is 5.07. The molecule has 1 aromatic rings. The molecule has 0 radical (unpaired) electrons. The van der Waals surface area contributed by atoms with E-state index in [4.69, 9.17) is 5.73 Å². The van der Waals surface area contributed by atoms with Crippen LogP contribution in [0.25, 0.3) is 11.6 Å². The highest BCUT2D eigenvalue weighted by Gasteiger charge is 2.07. The van der Waals surface area contributed by atoms with Crippen LogP contribution in [0.15, 0.2) is 36.4 Å². The molecule has 1 nitrogen and oxygen atoms in total. The minimum Gasteiger partial charge on any atom is -0.330 e. The first-order chi connectivity index (χ1) is 6.92. The van der Waals surface area contributed by atoms with E-state index in [1.807, 2.05) is 0 Å². The summed E-state index contributed by atoms with van der Waals surface area (Å²) in [4.78, 5) is 0. The van der Waals surface area contributed by atoms with Gasteiger partial charge in [-0.3, -0.25) is 0 Å². The van der Waals surface area contributed by atoms with E-state index in [2.05, 4.69) is 42.5 Å². The summed E-state index contributed by atoms with van der Waals surface area (Å²) in [6.45, 7) is 0.732. The maximum Gasteiger partial charge on any atom is -0.00424 e. The van der Waals surface area contributed by atoms with Crippen LogP contribution in [0.3, 0.4) is 0 Å². The van der Waals surface area contributed by atoms with Gasteiger partial charge in [-0.05, 0) is 36.1 Å². The third-order valence-electron chi connectivity index (χ3n) is 2.50. The maximum absolute atomic E-state index is 5.50. The molecule has 0 unspecified atom stereocenters. The Morgan fingerprint density at radius 1 is 1.29 bits per heavy atom. The van der Waals surface area contributed by atoms with E-state index in [-0.39, 0.29) is 0 Å². The summed E-state index contributed by atoms with van der Waals surface area (Å²) in [6.07, 6.45) is 8.66. The van der Waals surface area contributed by atoms with Gasteiger partial charge in [0.1, 0.15) is 0 Å². The van der Waals surface area contributed by atoms with Crippen molar-refractivity contribution in [3.63, 3.8) is 0 Å². The van der Waals surface area contributed by atoms with Gasteiger partial charge in [0.25, 0.3) is 0 Å². The first-order valence-electron chi connectivity index (χ1n) is 5.07. The van der Waals surface area contributed by atoms with E-state index in [9.17, 15) is 0 Å². The van der Waals surface area contributed by atoms with Gasteiger partial charge >= 0.3 is 0 Å². The second-order valence-corrected chi connectivity index (χ2v) is 3.50. The Hall–Kier alpha value is -1.34. The minimum atomic E-state index is 0.732. The number of fused-ring (bicyclic) bond motifs is 1. The molecule has 2 N–H and O–H groups in total. The molecule has 0 fully saturated rings. The highest BCUT2D eigenvalue weighted by molar-refractivity contribution is 5.79. The van der Waals surface area contributed by atoms with Crippen LogP contribution in [-0.2, 0) is 0 Å². The summed E-state index contributed by atoms with van der Waals surface area (Å²) in [5.41, 5.74) is 9.60. The van der Waals surface area contributed by atoms with E-state index in [1.54, 1.807) is 0 Å². The molecule has 2 rings (SSSR count). The number of allylic oxidation sites excluding steroid dienone is 2. The summed E-state index contributed by atoms with van der Waals surface area (Å²) in [5.74, 6) is 0. The molecule has 1 aliphatic rings. The first kappa shape index (κ1) is 9.22. The van der Waals surface area contributed by atoms with Gasteiger partial charge < -0.3 is 5.73 Å². The van der Waals surface area contributed by atoms with E-state index in [1.165, 1.54) is 16.7 Å². The molecule has 0 saturated heterocycles. The Morgan fingerprint density at radius 2 is 2.14 bits per heavy atom. The van der Waals surface area contributed by atoms with E-state index < -0.39 is 0 Å². The molecule has 0 atom stereocenters. The summed E-state index contributed by atoms with van der Waals surface area (Å²) in [5, 5.41) is 0. The number of nitrogens with two attached hydrogens (primary N) is 1. The Bertz CT molecular complexity index is 375. The fraction of sp³-hybridized carbons (Fsp3) is 0.231. The summed E-state index contributed by atoms with van der Waals surface area (Å²) in [7, 11) is 0. The van der Waals surface area contributed by atoms with Crippen LogP contribution in [0.5, 0.6) is 0 Å². The van der Waals surface area contributed by atoms with Crippen LogP contribution < -0.4 is 5.73 Å². The van der Waals surface area contributed by atoms with Crippen molar-refractivity contribution in [3.05, 3.63) is 47.5 Å². The average Bonchev–Trinajstić information content (AvgIpc) is 2.26. The summed E-state index contributed by atoms with van der Waals surface area (Å²) in [6, 6.07) is 8.51. The lowest BCUT2D eigenvalue weighted by atomic mass is 9.92. The number of rotatable bonds is 2. The monoisotopic (exact) mass is 185 g/mol. The molecule has 0 heterocycles. The maximum atomic E-state index is 5.50. The van der Waals surface area contributed by atoms with Crippen molar-refractivity contribution in [1.82, 2.24) is 0 Å². The van der Waals surface area contributed by atoms with Crippen LogP contribution in [-0.4, -0.2) is 6.54 Å². The van der Waals surface area contributed by atoms with Gasteiger partial charge in [0.2, 0.25) is 0 Å². The molecule has 0 bridgehead atoms. The van der Waals surface area contributed by atoms with Gasteiger partial charge in [0.15, 0.2) is 0 Å². The van der Waals surface area contributed by atoms with Crippen molar-refractivity contribution in [2.45, 2.75) is 12.8 Å². The van der Waals surface area contributed by atoms with E-state index in [0.717, 1.165) is 19.4 Å². The largest absolute Gasteiger partial charge is 0.330 e. The van der Waals surface area contributed by atoms with Crippen LogP contribution >= 0.6 is 0 Å². The minimum absolute atomic E-state index is 0.732. The van der Waals surface area contributed by atoms with Gasteiger partial charge in [-0.25, -0.2) is 0 Å². The zero-order valence-corrected chi connectivity index (χ0v) is 8.24. The van der Waals surface area contributed by atoms with Crippen molar-refractivity contribution in [2.24, 2.45) is 5.73 Å². The second kappa shape index (κ2) is 4.25. The highest BCUT2D eigenvalue weighted by atomic mass is 14.5. The quantitative estimate of drug-likeness (QED) is 0.753. The molecule has 14 heavy (non-hydrogen) atoms. The van der Waals surface area contributed by atoms with Crippen LogP contribution in [0.4, 0.5) is 0 Å². The SMILES string of the molecule is NCCC=C1CC=Cc2ccccc21. The van der Waals surface area contributed by atoms with E-state index in [0.29, 0.717) is 0 Å². The lowest BCUT2D eigenvalue weighted by molar-refractivity contribution is 1.01. The Kier molecular flexibility index (Phi) is 2.80. The van der Waals surface area contributed by atoms with Gasteiger partial charge in [0.05, 0.1) is 0 Å². The molecule has 0 aliphatic heterocycles. The van der Waals surface area contributed by atoms with Gasteiger partial charge in [-0.1, -0.05) is 42.5 Å². The topological polar surface area (TPSA) is 26.0 Å². The number of hydrogen-bond donors (Lipinski definition) is 1. The zero-order valence-electron chi connectivity index (χ0n) is 8.24. The van der Waals surface area contributed by atoms with E-state index >= 15 is 0 Å². The van der Waals surface area contributed by atoms with Gasteiger partial charge in [-0.15, -0.1) is 0 Å². The van der Waals surface area contributed by atoms with Gasteiger partial charge in [0, 0.05) is 0 Å². The molecular weight excluding hydrogens is 170 g/mol. The molecule has 72 valence electrons. The fourth-order valence-corrected chi connectivity index (χ4v) is 1.81. The predicted molar refractivity (Wildman–Crippen MR) is 61.7 cm³/mol. The van der Waals surface area contributed by atoms with Crippen molar-refractivity contribution >= 4 is 11.6 Å². The van der Waals surface area contributed by atoms with Crippen LogP contribution in [0.2, 0.25) is 0 Å². The fourth-order valence-electron chi connectivity index (χ4n) is 1.81. The molecule has 1 aliphatic carbocycles. The smallest absolute Gasteiger partial charge is 0.00424 e. The lowest BCUT2D eigenvalue weighted by Crippen LogP contribution is -1.98. The number of hydrogen-bond acceptors (Lipinski definition) is 1. The zero-order chi connectivity index (χ0) is 9.80. The molecule has 0 spiro atoms. The molecular formula is C13H15N. The molecule has 1 aromatic carbocycles. The molecule has 0 aromatic heterocycles. The Labute approximate surface area is 84.9 Å². The Balaban J connectivity index is 2.36. The van der Waals surface area contributed by atoms with Crippen LogP contribution in [0, 0.1) is 0 Å². The van der Waals surface area contributed by atoms with Crippen molar-refractivity contribution in [2.75, 3.05) is 6.54 Å². The normalized spacial score (nSPS) is 17.1. The summed E-state index contributed by atoms with van der Waals surface area (Å²) < 4.78 is 0. The van der Waals surface area contributed by atoms with Crippen molar-refractivity contribution < 1.29 is 0 Å². The Morgan fingerprint density at radius 3 is 3.00 bits per heavy atom. The number of benzene rings is 1. The van der Waals surface area contributed by atoms with Crippen molar-refractivity contribution in [3.8, 4) is 0 Å². The highest BCUT2D eigenvalue weighted by Crippen LogP contribution is 2.28. The van der Waals surface area contributed by atoms with Gasteiger partial charge in [-0.2, -0.15) is 0 Å².